The molecular formula is C27H33NO5. The second kappa shape index (κ2) is 11.7. The summed E-state index contributed by atoms with van der Waals surface area (Å²) in [5.41, 5.74) is 1.92. The molecule has 33 heavy (non-hydrogen) atoms. The molecule has 3 aromatic carbocycles. The first kappa shape index (κ1) is 24.6. The molecule has 0 spiro atoms. The zero-order valence-electron chi connectivity index (χ0n) is 19.5. The van der Waals surface area contributed by atoms with Gasteiger partial charge in [-0.1, -0.05) is 36.8 Å². The molecule has 0 saturated carbocycles. The molecule has 0 aliphatic heterocycles. The number of aliphatic hydroxyl groups is 1. The smallest absolute Gasteiger partial charge is 0.140 e. The Hall–Kier alpha value is -3.06. The molecule has 0 radical (unpaired) electrons. The molecule has 0 aliphatic carbocycles. The van der Waals surface area contributed by atoms with Gasteiger partial charge in [0.1, 0.15) is 22.8 Å². The van der Waals surface area contributed by atoms with Crippen LogP contribution in [0.4, 0.5) is 0 Å². The van der Waals surface area contributed by atoms with Crippen LogP contribution in [0.5, 0.6) is 17.2 Å². The maximum atomic E-state index is 12.2. The first-order chi connectivity index (χ1) is 16.1. The Labute approximate surface area is 195 Å². The van der Waals surface area contributed by atoms with Crippen LogP contribution in [0.3, 0.4) is 0 Å². The molecule has 0 atom stereocenters. The predicted octanol–water partition coefficient (Wildman–Crippen LogP) is 4.60. The molecule has 0 aliphatic rings. The van der Waals surface area contributed by atoms with Crippen molar-refractivity contribution >= 4 is 0 Å². The quantitative estimate of drug-likeness (QED) is 0.238. The number of nitrogens with two attached hydrogens (primary N) is 1. The van der Waals surface area contributed by atoms with E-state index in [-0.39, 0.29) is 0 Å². The van der Waals surface area contributed by atoms with Crippen molar-refractivity contribution in [3.05, 3.63) is 89.0 Å². The number of benzene rings is 3. The Morgan fingerprint density at radius 3 is 1.73 bits per heavy atom. The molecule has 6 heteroatoms. The largest absolute Gasteiger partial charge is 0.497 e. The second-order valence-corrected chi connectivity index (χ2v) is 7.88. The van der Waals surface area contributed by atoms with Crippen LogP contribution in [0.15, 0.2) is 66.7 Å². The van der Waals surface area contributed by atoms with Crippen LogP contribution >= 0.6 is 0 Å². The average molecular weight is 452 g/mol. The van der Waals surface area contributed by atoms with E-state index in [1.165, 1.54) is 0 Å². The minimum atomic E-state index is -1.37. The Morgan fingerprint density at radius 1 is 0.697 bits per heavy atom. The summed E-state index contributed by atoms with van der Waals surface area (Å²) in [6, 6.07) is 20.8. The maximum absolute atomic E-state index is 12.2. The molecule has 6 nitrogen and oxygen atoms in total. The van der Waals surface area contributed by atoms with Gasteiger partial charge in [0.05, 0.1) is 27.9 Å². The van der Waals surface area contributed by atoms with Crippen molar-refractivity contribution in [2.45, 2.75) is 31.3 Å². The number of rotatable bonds is 12. The van der Waals surface area contributed by atoms with Gasteiger partial charge in [0.15, 0.2) is 0 Å². The van der Waals surface area contributed by atoms with E-state index in [2.05, 4.69) is 4.84 Å². The Morgan fingerprint density at radius 2 is 1.24 bits per heavy atom. The summed E-state index contributed by atoms with van der Waals surface area (Å²) >= 11 is 0. The van der Waals surface area contributed by atoms with Gasteiger partial charge in [-0.25, -0.2) is 5.90 Å². The number of methoxy groups -OCH3 is 3. The molecule has 0 unspecified atom stereocenters. The summed E-state index contributed by atoms with van der Waals surface area (Å²) in [6.07, 6.45) is 3.68. The van der Waals surface area contributed by atoms with E-state index in [4.69, 9.17) is 20.1 Å². The third-order valence-corrected chi connectivity index (χ3v) is 5.92. The van der Waals surface area contributed by atoms with Crippen molar-refractivity contribution in [1.29, 1.82) is 0 Å². The summed E-state index contributed by atoms with van der Waals surface area (Å²) in [7, 11) is 4.92. The minimum Gasteiger partial charge on any atom is -0.497 e. The molecule has 3 aromatic rings. The number of aryl methyl sites for hydroxylation is 1. The van der Waals surface area contributed by atoms with Crippen LogP contribution in [0.2, 0.25) is 0 Å². The summed E-state index contributed by atoms with van der Waals surface area (Å²) in [4.78, 5) is 4.66. The van der Waals surface area contributed by atoms with Crippen LogP contribution in [-0.2, 0) is 16.9 Å². The average Bonchev–Trinajstić information content (AvgIpc) is 2.88. The van der Waals surface area contributed by atoms with Gasteiger partial charge < -0.3 is 24.2 Å². The number of hydrogen-bond acceptors (Lipinski definition) is 6. The lowest BCUT2D eigenvalue weighted by Crippen LogP contribution is -2.29. The predicted molar refractivity (Wildman–Crippen MR) is 129 cm³/mol. The fraction of sp³-hybridized carbons (Fsp3) is 0.333. The highest BCUT2D eigenvalue weighted by Gasteiger charge is 2.34. The molecule has 3 rings (SSSR count). The zero-order chi connectivity index (χ0) is 23.7. The molecule has 3 N–H and O–H groups in total. The van der Waals surface area contributed by atoms with Crippen molar-refractivity contribution in [3.8, 4) is 17.2 Å². The molecule has 0 amide bonds. The topological polar surface area (TPSA) is 83.2 Å². The number of ether oxygens (including phenoxy) is 3. The zero-order valence-corrected chi connectivity index (χ0v) is 19.5. The van der Waals surface area contributed by atoms with Crippen LogP contribution in [-0.4, -0.2) is 33.0 Å². The third kappa shape index (κ3) is 5.66. The molecule has 0 bridgehead atoms. The van der Waals surface area contributed by atoms with Gasteiger partial charge in [0.25, 0.3) is 0 Å². The lowest BCUT2D eigenvalue weighted by molar-refractivity contribution is 0.125. The lowest BCUT2D eigenvalue weighted by Gasteiger charge is -2.31. The second-order valence-electron chi connectivity index (χ2n) is 7.88. The standard InChI is InChI=1S/C27H33NO5/c1-30-24-13-8-21(9-14-24)27(29,22-10-15-25(31-2)16-11-22)23-12-17-26(32-3)20(19-23)7-5-4-6-18-33-28/h8-17,19,29H,4-7,18,28H2,1-3H3. The normalized spacial score (nSPS) is 11.3. The Balaban J connectivity index is 2.04. The molecule has 0 aromatic heterocycles. The van der Waals surface area contributed by atoms with Gasteiger partial charge >= 0.3 is 0 Å². The minimum absolute atomic E-state index is 0.547. The van der Waals surface area contributed by atoms with E-state index in [1.54, 1.807) is 21.3 Å². The molecule has 0 fully saturated rings. The Bertz CT molecular complexity index is 955. The molecule has 0 heterocycles. The molecular weight excluding hydrogens is 418 g/mol. The van der Waals surface area contributed by atoms with Gasteiger partial charge in [-0.15, -0.1) is 0 Å². The van der Waals surface area contributed by atoms with Crippen LogP contribution in [0.25, 0.3) is 0 Å². The fourth-order valence-corrected chi connectivity index (χ4v) is 4.04. The summed E-state index contributed by atoms with van der Waals surface area (Å²) in [6.45, 7) is 0.547. The van der Waals surface area contributed by atoms with Crippen molar-refractivity contribution in [2.75, 3.05) is 27.9 Å². The van der Waals surface area contributed by atoms with Crippen molar-refractivity contribution < 1.29 is 24.2 Å². The summed E-state index contributed by atoms with van der Waals surface area (Å²) in [5, 5.41) is 12.2. The van der Waals surface area contributed by atoms with E-state index in [0.29, 0.717) is 6.61 Å². The van der Waals surface area contributed by atoms with Gasteiger partial charge in [-0.3, -0.25) is 0 Å². The fourth-order valence-electron chi connectivity index (χ4n) is 4.04. The SMILES string of the molecule is COc1ccc(C(O)(c2ccc(OC)cc2)c2ccc(OC)c(CCCCCON)c2)cc1. The first-order valence-electron chi connectivity index (χ1n) is 11.1. The van der Waals surface area contributed by atoms with Crippen LogP contribution in [0, 0.1) is 0 Å². The lowest BCUT2D eigenvalue weighted by atomic mass is 9.79. The van der Waals surface area contributed by atoms with E-state index < -0.39 is 5.60 Å². The number of unbranched alkanes of at least 4 members (excludes halogenated alkanes) is 2. The van der Waals surface area contributed by atoms with Gasteiger partial charge in [-0.2, -0.15) is 0 Å². The Kier molecular flexibility index (Phi) is 8.72. The monoisotopic (exact) mass is 451 g/mol. The van der Waals surface area contributed by atoms with Gasteiger partial charge in [-0.05, 0) is 77.9 Å². The van der Waals surface area contributed by atoms with Crippen LogP contribution < -0.4 is 20.1 Å². The highest BCUT2D eigenvalue weighted by Crippen LogP contribution is 2.39. The maximum Gasteiger partial charge on any atom is 0.140 e. The van der Waals surface area contributed by atoms with E-state index >= 15 is 0 Å². The summed E-state index contributed by atoms with van der Waals surface area (Å²) < 4.78 is 16.2. The third-order valence-electron chi connectivity index (χ3n) is 5.92. The highest BCUT2D eigenvalue weighted by atomic mass is 16.6. The van der Waals surface area contributed by atoms with E-state index in [0.717, 1.165) is 65.2 Å². The van der Waals surface area contributed by atoms with Crippen molar-refractivity contribution in [3.63, 3.8) is 0 Å². The number of hydrogen-bond donors (Lipinski definition) is 2. The van der Waals surface area contributed by atoms with Crippen molar-refractivity contribution in [2.24, 2.45) is 5.90 Å². The molecule has 176 valence electrons. The summed E-state index contributed by atoms with van der Waals surface area (Å²) in [5.74, 6) is 7.38. The van der Waals surface area contributed by atoms with E-state index in [1.807, 2.05) is 66.7 Å². The molecule has 0 saturated heterocycles. The van der Waals surface area contributed by atoms with Gasteiger partial charge in [0, 0.05) is 0 Å². The van der Waals surface area contributed by atoms with Gasteiger partial charge in [0.2, 0.25) is 0 Å². The van der Waals surface area contributed by atoms with Crippen LogP contribution in [0.1, 0.15) is 41.5 Å². The first-order valence-corrected chi connectivity index (χ1v) is 11.1. The highest BCUT2D eigenvalue weighted by molar-refractivity contribution is 5.51. The van der Waals surface area contributed by atoms with E-state index in [9.17, 15) is 5.11 Å². The van der Waals surface area contributed by atoms with Crippen molar-refractivity contribution in [1.82, 2.24) is 0 Å².